The normalized spacial score (nSPS) is 20.1. The molecule has 1 amide bonds. The molecular weight excluding hydrogens is 399 g/mol. The van der Waals surface area contributed by atoms with E-state index >= 15 is 0 Å². The van der Waals surface area contributed by atoms with Crippen molar-refractivity contribution in [2.24, 2.45) is 0 Å². The Kier molecular flexibility index (Phi) is 3.44. The number of fused-ring (bicyclic) bond motifs is 5. The number of hydrogen-bond donors (Lipinski definition) is 0. The molecule has 7 nitrogen and oxygen atoms in total. The summed E-state index contributed by atoms with van der Waals surface area (Å²) >= 11 is 1.84. The zero-order valence-electron chi connectivity index (χ0n) is 12.1. The van der Waals surface area contributed by atoms with Crippen LogP contribution in [0.4, 0.5) is 4.79 Å². The Morgan fingerprint density at radius 3 is 3.18 bits per heavy atom. The summed E-state index contributed by atoms with van der Waals surface area (Å²) in [4.78, 5) is 13.5. The summed E-state index contributed by atoms with van der Waals surface area (Å²) in [5.74, 6) is 0. The molecule has 0 aromatic carbocycles. The Labute approximate surface area is 140 Å². The van der Waals surface area contributed by atoms with Gasteiger partial charge in [0.05, 0.1) is 30.6 Å². The second-order valence-electron chi connectivity index (χ2n) is 5.63. The average molecular weight is 414 g/mol. The minimum absolute atomic E-state index is 0.0445. The zero-order valence-corrected chi connectivity index (χ0v) is 14.2. The Morgan fingerprint density at radius 2 is 2.41 bits per heavy atom. The summed E-state index contributed by atoms with van der Waals surface area (Å²) in [6, 6.07) is 0. The highest BCUT2D eigenvalue weighted by Gasteiger charge is 2.32. The highest BCUT2D eigenvalue weighted by Crippen LogP contribution is 2.35. The topological polar surface area (TPSA) is 73.4 Å². The van der Waals surface area contributed by atoms with Gasteiger partial charge in [-0.2, -0.15) is 5.10 Å². The van der Waals surface area contributed by atoms with Gasteiger partial charge >= 0.3 is 0 Å². The molecule has 0 fully saturated rings. The Bertz CT molecular complexity index is 739. The van der Waals surface area contributed by atoms with Gasteiger partial charge in [-0.3, -0.25) is 9.48 Å². The summed E-state index contributed by atoms with van der Waals surface area (Å²) in [6.07, 6.45) is 3.25. The number of aromatic nitrogens is 3. The summed E-state index contributed by atoms with van der Waals surface area (Å²) in [6.45, 7) is 1.98. The van der Waals surface area contributed by atoms with Crippen LogP contribution in [0.25, 0.3) is 11.4 Å². The molecule has 8 heteroatoms. The van der Waals surface area contributed by atoms with E-state index in [4.69, 9.17) is 14.4 Å². The zero-order chi connectivity index (χ0) is 15.3. The second-order valence-corrected chi connectivity index (χ2v) is 6.55. The largest absolute Gasteiger partial charge is 0.379 e. The molecule has 0 spiro atoms. The van der Waals surface area contributed by atoms with Gasteiger partial charge in [0, 0.05) is 60.2 Å². The fourth-order valence-electron chi connectivity index (χ4n) is 3.23. The first-order valence-corrected chi connectivity index (χ1v) is 8.24. The van der Waals surface area contributed by atoms with Gasteiger partial charge in [0.2, 0.25) is 0 Å². The lowest BCUT2D eigenvalue weighted by Crippen LogP contribution is -2.32. The fourth-order valence-corrected chi connectivity index (χ4v) is 3.64. The SMILES string of the molecule is COC1Cc2conc2-c2c3c(nn2C1)CCN(C(=O)I)C3. The lowest BCUT2D eigenvalue weighted by Gasteiger charge is -2.24. The quantitative estimate of drug-likeness (QED) is 0.406. The third kappa shape index (κ3) is 2.16. The van der Waals surface area contributed by atoms with Crippen LogP contribution in [0.1, 0.15) is 16.8 Å². The van der Waals surface area contributed by atoms with Crippen LogP contribution in [0.2, 0.25) is 0 Å². The average Bonchev–Trinajstić information content (AvgIpc) is 3.06. The van der Waals surface area contributed by atoms with E-state index in [1.54, 1.807) is 13.4 Å². The third-order valence-electron chi connectivity index (χ3n) is 4.37. The summed E-state index contributed by atoms with van der Waals surface area (Å²) in [7, 11) is 1.71. The highest BCUT2D eigenvalue weighted by atomic mass is 127. The third-order valence-corrected chi connectivity index (χ3v) is 5.06. The maximum Gasteiger partial charge on any atom is 0.283 e. The number of carbonyl (C=O) groups excluding carboxylic acids is 1. The number of ether oxygens (including phenoxy) is 1. The van der Waals surface area contributed by atoms with Gasteiger partial charge in [-0.05, 0) is 0 Å². The number of amides is 1. The van der Waals surface area contributed by atoms with Crippen molar-refractivity contribution in [2.75, 3.05) is 13.7 Å². The molecule has 0 radical (unpaired) electrons. The maximum atomic E-state index is 11.7. The van der Waals surface area contributed by atoms with Crippen molar-refractivity contribution < 1.29 is 14.1 Å². The summed E-state index contributed by atoms with van der Waals surface area (Å²) in [5, 5.41) is 8.92. The molecule has 116 valence electrons. The molecule has 1 unspecified atom stereocenters. The lowest BCUT2D eigenvalue weighted by molar-refractivity contribution is 0.0863. The molecule has 22 heavy (non-hydrogen) atoms. The first-order valence-electron chi connectivity index (χ1n) is 7.16. The Balaban J connectivity index is 1.85. The van der Waals surface area contributed by atoms with E-state index in [0.717, 1.165) is 41.1 Å². The standard InChI is InChI=1S/C14H15IN4O3/c1-21-9-4-8-7-22-17-12(8)13-10-6-18(14(15)20)3-2-11(10)16-19(13)5-9/h7,9H,2-6H2,1H3. The van der Waals surface area contributed by atoms with Crippen LogP contribution < -0.4 is 0 Å². The molecule has 2 aliphatic heterocycles. The predicted molar refractivity (Wildman–Crippen MR) is 85.8 cm³/mol. The lowest BCUT2D eigenvalue weighted by atomic mass is 10.0. The molecule has 0 bridgehead atoms. The number of methoxy groups -OCH3 is 1. The molecule has 1 atom stereocenters. The molecular formula is C14H15IN4O3. The van der Waals surface area contributed by atoms with Crippen molar-refractivity contribution >= 4 is 26.5 Å². The van der Waals surface area contributed by atoms with Crippen molar-refractivity contribution in [3.05, 3.63) is 23.1 Å². The first kappa shape index (κ1) is 14.2. The van der Waals surface area contributed by atoms with Gasteiger partial charge in [0.1, 0.15) is 12.0 Å². The van der Waals surface area contributed by atoms with Crippen molar-refractivity contribution in [3.8, 4) is 11.4 Å². The van der Waals surface area contributed by atoms with Crippen molar-refractivity contribution in [1.82, 2.24) is 19.8 Å². The van der Waals surface area contributed by atoms with Crippen LogP contribution in [-0.2, 0) is 30.7 Å². The summed E-state index contributed by atoms with van der Waals surface area (Å²) in [5.41, 5.74) is 4.97. The van der Waals surface area contributed by atoms with Gasteiger partial charge in [0.15, 0.2) is 0 Å². The number of halogens is 1. The second kappa shape index (κ2) is 5.34. The van der Waals surface area contributed by atoms with Gasteiger partial charge < -0.3 is 14.2 Å². The summed E-state index contributed by atoms with van der Waals surface area (Å²) < 4.78 is 12.8. The number of carbonyl (C=O) groups is 1. The number of nitrogens with zero attached hydrogens (tertiary/aromatic N) is 4. The van der Waals surface area contributed by atoms with E-state index < -0.39 is 0 Å². The fraction of sp³-hybridized carbons (Fsp3) is 0.500. The van der Waals surface area contributed by atoms with Gasteiger partial charge in [0.25, 0.3) is 3.91 Å². The van der Waals surface area contributed by atoms with Crippen LogP contribution in [0.15, 0.2) is 10.8 Å². The van der Waals surface area contributed by atoms with E-state index in [1.807, 2.05) is 32.2 Å². The van der Waals surface area contributed by atoms with Gasteiger partial charge in [-0.1, -0.05) is 5.16 Å². The monoisotopic (exact) mass is 414 g/mol. The first-order chi connectivity index (χ1) is 10.7. The smallest absolute Gasteiger partial charge is 0.283 e. The molecule has 4 heterocycles. The minimum Gasteiger partial charge on any atom is -0.379 e. The van der Waals surface area contributed by atoms with E-state index in [1.165, 1.54) is 0 Å². The number of rotatable bonds is 1. The molecule has 2 aliphatic rings. The van der Waals surface area contributed by atoms with Crippen LogP contribution in [0.3, 0.4) is 0 Å². The van der Waals surface area contributed by atoms with Crippen molar-refractivity contribution in [2.45, 2.75) is 32.0 Å². The van der Waals surface area contributed by atoms with E-state index in [-0.39, 0.29) is 10.0 Å². The number of hydrogen-bond acceptors (Lipinski definition) is 5. The molecule has 0 aliphatic carbocycles. The molecule has 0 N–H and O–H groups in total. The maximum absolute atomic E-state index is 11.7. The van der Waals surface area contributed by atoms with E-state index in [2.05, 4.69) is 5.16 Å². The Hall–Kier alpha value is -1.42. The van der Waals surface area contributed by atoms with Crippen LogP contribution >= 0.6 is 22.6 Å². The predicted octanol–water partition coefficient (Wildman–Crippen LogP) is 2.02. The Morgan fingerprint density at radius 1 is 1.55 bits per heavy atom. The molecule has 0 saturated heterocycles. The van der Waals surface area contributed by atoms with Crippen molar-refractivity contribution in [3.63, 3.8) is 0 Å². The molecule has 2 aromatic heterocycles. The van der Waals surface area contributed by atoms with Crippen molar-refractivity contribution in [1.29, 1.82) is 0 Å². The van der Waals surface area contributed by atoms with E-state index in [0.29, 0.717) is 19.6 Å². The molecule has 0 saturated carbocycles. The van der Waals surface area contributed by atoms with E-state index in [9.17, 15) is 4.79 Å². The van der Waals surface area contributed by atoms with Crippen LogP contribution in [0.5, 0.6) is 0 Å². The van der Waals surface area contributed by atoms with Crippen LogP contribution in [0, 0.1) is 0 Å². The van der Waals surface area contributed by atoms with Gasteiger partial charge in [-0.25, -0.2) is 0 Å². The molecule has 4 rings (SSSR count). The highest BCUT2D eigenvalue weighted by molar-refractivity contribution is 14.1. The molecule has 2 aromatic rings. The minimum atomic E-state index is 0.0445. The van der Waals surface area contributed by atoms with Gasteiger partial charge in [-0.15, -0.1) is 0 Å². The van der Waals surface area contributed by atoms with Crippen LogP contribution in [-0.4, -0.2) is 43.5 Å².